The molecule has 0 unspecified atom stereocenters. The average Bonchev–Trinajstić information content (AvgIpc) is 2.17. The monoisotopic (exact) mass is 209 g/mol. The van der Waals surface area contributed by atoms with Crippen molar-refractivity contribution in [3.8, 4) is 5.75 Å². The van der Waals surface area contributed by atoms with E-state index in [1.807, 2.05) is 32.9 Å². The van der Waals surface area contributed by atoms with Crippen LogP contribution >= 0.6 is 0 Å². The van der Waals surface area contributed by atoms with Gasteiger partial charge in [0.25, 0.3) is 0 Å². The van der Waals surface area contributed by atoms with E-state index in [0.717, 1.165) is 5.56 Å². The van der Waals surface area contributed by atoms with E-state index >= 15 is 0 Å². The lowest BCUT2D eigenvalue weighted by atomic mass is 9.81. The zero-order valence-corrected chi connectivity index (χ0v) is 9.49. The topological polar surface area (TPSA) is 66.5 Å². The van der Waals surface area contributed by atoms with Crippen molar-refractivity contribution < 1.29 is 10.2 Å². The minimum Gasteiger partial charge on any atom is -0.508 e. The molecule has 0 radical (unpaired) electrons. The molecule has 1 atom stereocenters. The molecule has 84 valence electrons. The maximum atomic E-state index is 9.76. The first kappa shape index (κ1) is 12.0. The van der Waals surface area contributed by atoms with Crippen LogP contribution in [0.1, 0.15) is 31.0 Å². The highest BCUT2D eigenvalue weighted by atomic mass is 16.3. The fourth-order valence-corrected chi connectivity index (χ4v) is 1.44. The average molecular weight is 209 g/mol. The van der Waals surface area contributed by atoms with Gasteiger partial charge < -0.3 is 15.9 Å². The Morgan fingerprint density at radius 3 is 2.47 bits per heavy atom. The molecule has 0 bridgehead atoms. The van der Waals surface area contributed by atoms with Gasteiger partial charge in [-0.2, -0.15) is 0 Å². The predicted octanol–water partition coefficient (Wildman–Crippen LogP) is 1.72. The Labute approximate surface area is 90.5 Å². The molecule has 1 rings (SSSR count). The Morgan fingerprint density at radius 1 is 1.40 bits per heavy atom. The summed E-state index contributed by atoms with van der Waals surface area (Å²) in [5, 5.41) is 19.0. The number of nitrogens with two attached hydrogens (primary N) is 1. The third-order valence-electron chi connectivity index (χ3n) is 2.77. The molecule has 1 aromatic carbocycles. The molecule has 0 amide bonds. The second-order valence-corrected chi connectivity index (χ2v) is 4.69. The van der Waals surface area contributed by atoms with Gasteiger partial charge in [0, 0.05) is 23.6 Å². The van der Waals surface area contributed by atoms with Crippen molar-refractivity contribution in [2.24, 2.45) is 11.1 Å². The smallest absolute Gasteiger partial charge is 0.120 e. The van der Waals surface area contributed by atoms with Gasteiger partial charge in [-0.15, -0.1) is 0 Å². The first-order chi connectivity index (χ1) is 6.88. The third-order valence-corrected chi connectivity index (χ3v) is 2.77. The summed E-state index contributed by atoms with van der Waals surface area (Å²) >= 11 is 0. The van der Waals surface area contributed by atoms with Crippen molar-refractivity contribution in [2.75, 3.05) is 6.61 Å². The Hall–Kier alpha value is -1.06. The standard InChI is InChI=1S/C12H19NO2/c1-8-4-5-9(10(15)6-8)11(13)12(2,3)7-14/h4-6,11,14-15H,7,13H2,1-3H3/t11-/m1/s1. The maximum absolute atomic E-state index is 9.76. The number of aromatic hydroxyl groups is 1. The lowest BCUT2D eigenvalue weighted by Gasteiger charge is -2.30. The SMILES string of the molecule is Cc1ccc([C@@H](N)C(C)(C)CO)c(O)c1. The van der Waals surface area contributed by atoms with Gasteiger partial charge in [-0.3, -0.25) is 0 Å². The molecule has 3 nitrogen and oxygen atoms in total. The number of aliphatic hydroxyl groups is 1. The summed E-state index contributed by atoms with van der Waals surface area (Å²) in [6, 6.07) is 5.03. The number of phenols is 1. The molecule has 3 heteroatoms. The first-order valence-corrected chi connectivity index (χ1v) is 5.04. The summed E-state index contributed by atoms with van der Waals surface area (Å²) in [4.78, 5) is 0. The minimum absolute atomic E-state index is 0.0124. The number of phenolic OH excluding ortho intramolecular Hbond substituents is 1. The van der Waals surface area contributed by atoms with E-state index in [9.17, 15) is 10.2 Å². The van der Waals surface area contributed by atoms with Crippen LogP contribution in [0.25, 0.3) is 0 Å². The molecule has 0 spiro atoms. The van der Waals surface area contributed by atoms with Gasteiger partial charge in [-0.25, -0.2) is 0 Å². The van der Waals surface area contributed by atoms with Crippen LogP contribution in [-0.4, -0.2) is 16.8 Å². The van der Waals surface area contributed by atoms with Crippen LogP contribution in [0.2, 0.25) is 0 Å². The summed E-state index contributed by atoms with van der Waals surface area (Å²) in [6.07, 6.45) is 0. The molecular weight excluding hydrogens is 190 g/mol. The van der Waals surface area contributed by atoms with Gasteiger partial charge in [-0.1, -0.05) is 26.0 Å². The van der Waals surface area contributed by atoms with Crippen LogP contribution < -0.4 is 5.73 Å². The molecule has 0 aliphatic heterocycles. The molecule has 0 heterocycles. The van der Waals surface area contributed by atoms with Crippen molar-refractivity contribution in [3.63, 3.8) is 0 Å². The highest BCUT2D eigenvalue weighted by molar-refractivity contribution is 5.38. The summed E-state index contributed by atoms with van der Waals surface area (Å²) in [5.74, 6) is 0.198. The molecule has 0 fully saturated rings. The third kappa shape index (κ3) is 2.49. The van der Waals surface area contributed by atoms with E-state index in [0.29, 0.717) is 5.56 Å². The summed E-state index contributed by atoms with van der Waals surface area (Å²) in [6.45, 7) is 5.64. The van der Waals surface area contributed by atoms with Crippen molar-refractivity contribution in [1.29, 1.82) is 0 Å². The Morgan fingerprint density at radius 2 is 2.00 bits per heavy atom. The second-order valence-electron chi connectivity index (χ2n) is 4.69. The molecule has 15 heavy (non-hydrogen) atoms. The first-order valence-electron chi connectivity index (χ1n) is 5.04. The quantitative estimate of drug-likeness (QED) is 0.710. The molecule has 0 saturated carbocycles. The number of hydrogen-bond acceptors (Lipinski definition) is 3. The Kier molecular flexibility index (Phi) is 3.37. The van der Waals surface area contributed by atoms with Crippen LogP contribution in [0.5, 0.6) is 5.75 Å². The number of aryl methyl sites for hydroxylation is 1. The van der Waals surface area contributed by atoms with E-state index in [4.69, 9.17) is 5.73 Å². The maximum Gasteiger partial charge on any atom is 0.120 e. The molecular formula is C12H19NO2. The van der Waals surface area contributed by atoms with Crippen LogP contribution in [0.4, 0.5) is 0 Å². The van der Waals surface area contributed by atoms with Crippen LogP contribution in [0, 0.1) is 12.3 Å². The van der Waals surface area contributed by atoms with Gasteiger partial charge in [-0.05, 0) is 18.6 Å². The lowest BCUT2D eigenvalue weighted by molar-refractivity contribution is 0.131. The molecule has 1 aromatic rings. The number of rotatable bonds is 3. The number of benzene rings is 1. The summed E-state index contributed by atoms with van der Waals surface area (Å²) in [7, 11) is 0. The van der Waals surface area contributed by atoms with Crippen molar-refractivity contribution in [1.82, 2.24) is 0 Å². The van der Waals surface area contributed by atoms with Crippen LogP contribution in [0.3, 0.4) is 0 Å². The van der Waals surface area contributed by atoms with Gasteiger partial charge in [0.15, 0.2) is 0 Å². The van der Waals surface area contributed by atoms with Gasteiger partial charge in [0.1, 0.15) is 5.75 Å². The highest BCUT2D eigenvalue weighted by Gasteiger charge is 2.28. The molecule has 0 aromatic heterocycles. The normalized spacial score (nSPS) is 13.9. The second kappa shape index (κ2) is 4.21. The predicted molar refractivity (Wildman–Crippen MR) is 60.6 cm³/mol. The molecule has 0 aliphatic carbocycles. The summed E-state index contributed by atoms with van der Waals surface area (Å²) in [5.41, 5.74) is 7.25. The zero-order chi connectivity index (χ0) is 11.6. The zero-order valence-electron chi connectivity index (χ0n) is 9.49. The van der Waals surface area contributed by atoms with Gasteiger partial charge >= 0.3 is 0 Å². The van der Waals surface area contributed by atoms with Gasteiger partial charge in [0.2, 0.25) is 0 Å². The van der Waals surface area contributed by atoms with Crippen molar-refractivity contribution in [3.05, 3.63) is 29.3 Å². The van der Waals surface area contributed by atoms with Crippen LogP contribution in [0.15, 0.2) is 18.2 Å². The number of hydrogen-bond donors (Lipinski definition) is 3. The molecule has 0 saturated heterocycles. The van der Waals surface area contributed by atoms with Crippen molar-refractivity contribution >= 4 is 0 Å². The summed E-state index contributed by atoms with van der Waals surface area (Å²) < 4.78 is 0. The van der Waals surface area contributed by atoms with E-state index in [2.05, 4.69) is 0 Å². The largest absolute Gasteiger partial charge is 0.508 e. The Bertz CT molecular complexity index is 347. The van der Waals surface area contributed by atoms with E-state index < -0.39 is 5.41 Å². The van der Waals surface area contributed by atoms with Gasteiger partial charge in [0.05, 0.1) is 0 Å². The minimum atomic E-state index is -0.438. The van der Waals surface area contributed by atoms with E-state index in [-0.39, 0.29) is 18.4 Å². The lowest BCUT2D eigenvalue weighted by Crippen LogP contribution is -2.32. The fourth-order valence-electron chi connectivity index (χ4n) is 1.44. The highest BCUT2D eigenvalue weighted by Crippen LogP contribution is 2.35. The van der Waals surface area contributed by atoms with Crippen molar-refractivity contribution in [2.45, 2.75) is 26.8 Å². The van der Waals surface area contributed by atoms with E-state index in [1.165, 1.54) is 0 Å². The van der Waals surface area contributed by atoms with E-state index in [1.54, 1.807) is 6.07 Å². The van der Waals surface area contributed by atoms with Crippen LogP contribution in [-0.2, 0) is 0 Å². The fraction of sp³-hybridized carbons (Fsp3) is 0.500. The number of aliphatic hydroxyl groups excluding tert-OH is 1. The molecule has 4 N–H and O–H groups in total. The Balaban J connectivity index is 3.06. The molecule has 0 aliphatic rings.